The number of hydrogen-bond acceptors (Lipinski definition) is 2. The van der Waals surface area contributed by atoms with E-state index in [1.54, 1.807) is 18.2 Å². The molecule has 0 saturated heterocycles. The SMILES string of the molecule is CN(C)CCCc1cc(NC(=O)Nc2cccc(Cl)c2Cl)ccc1I. The number of anilines is 2. The van der Waals surface area contributed by atoms with Crippen LogP contribution in [0.2, 0.25) is 10.0 Å². The van der Waals surface area contributed by atoms with E-state index in [1.807, 2.05) is 18.2 Å². The monoisotopic (exact) mass is 491 g/mol. The number of nitrogens with one attached hydrogen (secondary N) is 2. The number of carbonyl (C=O) groups excluding carboxylic acids is 1. The fourth-order valence-corrected chi connectivity index (χ4v) is 3.27. The zero-order chi connectivity index (χ0) is 18.4. The van der Waals surface area contributed by atoms with Crippen LogP contribution in [-0.2, 0) is 6.42 Å². The molecule has 0 aliphatic heterocycles. The van der Waals surface area contributed by atoms with E-state index in [0.717, 1.165) is 25.1 Å². The van der Waals surface area contributed by atoms with Crippen LogP contribution in [0, 0.1) is 3.57 Å². The van der Waals surface area contributed by atoms with Crippen molar-refractivity contribution in [2.75, 3.05) is 31.3 Å². The number of amides is 2. The molecule has 2 aromatic rings. The molecule has 7 heteroatoms. The third kappa shape index (κ3) is 6.33. The number of benzene rings is 2. The predicted molar refractivity (Wildman–Crippen MR) is 115 cm³/mol. The Kier molecular flexibility index (Phi) is 7.81. The molecule has 0 aliphatic rings. The molecule has 0 aliphatic carbocycles. The highest BCUT2D eigenvalue weighted by Gasteiger charge is 2.09. The van der Waals surface area contributed by atoms with Crippen molar-refractivity contribution < 1.29 is 4.79 Å². The summed E-state index contributed by atoms with van der Waals surface area (Å²) in [7, 11) is 4.13. The zero-order valence-electron chi connectivity index (χ0n) is 14.1. The smallest absolute Gasteiger partial charge is 0.309 e. The Balaban J connectivity index is 2.01. The van der Waals surface area contributed by atoms with Crippen molar-refractivity contribution in [3.8, 4) is 0 Å². The molecule has 134 valence electrons. The third-order valence-electron chi connectivity index (χ3n) is 3.55. The predicted octanol–water partition coefficient (Wildman–Crippen LogP) is 5.74. The molecule has 0 atom stereocenters. The van der Waals surface area contributed by atoms with Gasteiger partial charge in [-0.15, -0.1) is 0 Å². The average Bonchev–Trinajstić information content (AvgIpc) is 2.54. The highest BCUT2D eigenvalue weighted by molar-refractivity contribution is 14.1. The number of rotatable bonds is 6. The lowest BCUT2D eigenvalue weighted by Gasteiger charge is -2.13. The molecule has 0 aromatic heterocycles. The highest BCUT2D eigenvalue weighted by atomic mass is 127. The molecule has 0 spiro atoms. The van der Waals surface area contributed by atoms with Crippen molar-refractivity contribution in [1.82, 2.24) is 4.90 Å². The Bertz CT molecular complexity index is 753. The first-order valence-corrected chi connectivity index (χ1v) is 9.65. The minimum Gasteiger partial charge on any atom is -0.309 e. The molecule has 4 nitrogen and oxygen atoms in total. The van der Waals surface area contributed by atoms with E-state index in [9.17, 15) is 4.79 Å². The Morgan fingerprint density at radius 2 is 1.92 bits per heavy atom. The van der Waals surface area contributed by atoms with E-state index in [4.69, 9.17) is 23.2 Å². The number of carbonyl (C=O) groups is 1. The normalized spacial score (nSPS) is 10.8. The largest absolute Gasteiger partial charge is 0.323 e. The minimum absolute atomic E-state index is 0.325. The van der Waals surface area contributed by atoms with Gasteiger partial charge in [0.05, 0.1) is 15.7 Å². The first-order valence-electron chi connectivity index (χ1n) is 7.82. The molecule has 2 N–H and O–H groups in total. The van der Waals surface area contributed by atoms with Crippen molar-refractivity contribution in [1.29, 1.82) is 0 Å². The maximum atomic E-state index is 12.2. The van der Waals surface area contributed by atoms with E-state index in [0.29, 0.717) is 15.7 Å². The van der Waals surface area contributed by atoms with Gasteiger partial charge >= 0.3 is 6.03 Å². The van der Waals surface area contributed by atoms with Crippen LogP contribution in [0.1, 0.15) is 12.0 Å². The summed E-state index contributed by atoms with van der Waals surface area (Å²) in [5.41, 5.74) is 2.44. The van der Waals surface area contributed by atoms with E-state index in [2.05, 4.69) is 52.2 Å². The number of hydrogen-bond donors (Lipinski definition) is 2. The Labute approximate surface area is 172 Å². The molecular formula is C18H20Cl2IN3O. The summed E-state index contributed by atoms with van der Waals surface area (Å²) in [6, 6.07) is 10.7. The highest BCUT2D eigenvalue weighted by Crippen LogP contribution is 2.29. The van der Waals surface area contributed by atoms with Crippen molar-refractivity contribution in [3.63, 3.8) is 0 Å². The first kappa shape index (κ1) is 20.3. The quantitative estimate of drug-likeness (QED) is 0.506. The van der Waals surface area contributed by atoms with Gasteiger partial charge in [-0.2, -0.15) is 0 Å². The second-order valence-electron chi connectivity index (χ2n) is 5.89. The molecular weight excluding hydrogens is 472 g/mol. The van der Waals surface area contributed by atoms with Crippen LogP contribution in [0.3, 0.4) is 0 Å². The molecule has 0 unspecified atom stereocenters. The minimum atomic E-state index is -0.357. The standard InChI is InChI=1S/C18H20Cl2IN3O/c1-24(2)10-4-5-12-11-13(8-9-15(12)21)22-18(25)23-16-7-3-6-14(19)17(16)20/h3,6-9,11H,4-5,10H2,1-2H3,(H2,22,23,25). The van der Waals surface area contributed by atoms with Crippen LogP contribution >= 0.6 is 45.8 Å². The Hall–Kier alpha value is -1.02. The topological polar surface area (TPSA) is 44.4 Å². The molecule has 0 saturated carbocycles. The van der Waals surface area contributed by atoms with Gasteiger partial charge in [0.15, 0.2) is 0 Å². The van der Waals surface area contributed by atoms with Crippen LogP contribution in [0.4, 0.5) is 16.2 Å². The molecule has 2 rings (SSSR count). The van der Waals surface area contributed by atoms with Crippen molar-refractivity contribution in [3.05, 3.63) is 55.6 Å². The summed E-state index contributed by atoms with van der Waals surface area (Å²) in [5, 5.41) is 6.28. The number of aryl methyl sites for hydroxylation is 1. The van der Waals surface area contributed by atoms with Crippen LogP contribution in [-0.4, -0.2) is 31.6 Å². The summed E-state index contributed by atoms with van der Waals surface area (Å²) < 4.78 is 1.19. The molecule has 0 bridgehead atoms. The van der Waals surface area contributed by atoms with Gasteiger partial charge in [-0.05, 0) is 92.0 Å². The van der Waals surface area contributed by atoms with Gasteiger partial charge in [0.1, 0.15) is 0 Å². The fraction of sp³-hybridized carbons (Fsp3) is 0.278. The van der Waals surface area contributed by atoms with E-state index in [1.165, 1.54) is 9.13 Å². The number of urea groups is 1. The van der Waals surface area contributed by atoms with Gasteiger partial charge < -0.3 is 15.5 Å². The van der Waals surface area contributed by atoms with Gasteiger partial charge in [0.25, 0.3) is 0 Å². The van der Waals surface area contributed by atoms with Crippen LogP contribution in [0.5, 0.6) is 0 Å². The van der Waals surface area contributed by atoms with Gasteiger partial charge in [0.2, 0.25) is 0 Å². The molecule has 0 heterocycles. The summed E-state index contributed by atoms with van der Waals surface area (Å²) in [5.74, 6) is 0. The van der Waals surface area contributed by atoms with Crippen molar-refractivity contribution in [2.24, 2.45) is 0 Å². The maximum absolute atomic E-state index is 12.2. The molecule has 25 heavy (non-hydrogen) atoms. The van der Waals surface area contributed by atoms with Crippen LogP contribution in [0.15, 0.2) is 36.4 Å². The fourth-order valence-electron chi connectivity index (χ4n) is 2.31. The van der Waals surface area contributed by atoms with Crippen molar-refractivity contribution in [2.45, 2.75) is 12.8 Å². The van der Waals surface area contributed by atoms with Crippen molar-refractivity contribution >= 4 is 63.2 Å². The van der Waals surface area contributed by atoms with Crippen LogP contribution in [0.25, 0.3) is 0 Å². The number of nitrogens with zero attached hydrogens (tertiary/aromatic N) is 1. The maximum Gasteiger partial charge on any atom is 0.323 e. The van der Waals surface area contributed by atoms with Gasteiger partial charge in [-0.1, -0.05) is 29.3 Å². The van der Waals surface area contributed by atoms with Gasteiger partial charge in [-0.25, -0.2) is 4.79 Å². The van der Waals surface area contributed by atoms with E-state index < -0.39 is 0 Å². The molecule has 2 amide bonds. The number of halogens is 3. The molecule has 2 aromatic carbocycles. The second kappa shape index (κ2) is 9.62. The summed E-state index contributed by atoms with van der Waals surface area (Å²) in [4.78, 5) is 14.4. The van der Waals surface area contributed by atoms with Gasteiger partial charge in [-0.3, -0.25) is 0 Å². The summed E-state index contributed by atoms with van der Waals surface area (Å²) in [6.07, 6.45) is 2.03. The second-order valence-corrected chi connectivity index (χ2v) is 7.84. The zero-order valence-corrected chi connectivity index (χ0v) is 17.7. The molecule has 0 fully saturated rings. The summed E-state index contributed by atoms with van der Waals surface area (Å²) >= 11 is 14.4. The van der Waals surface area contributed by atoms with E-state index >= 15 is 0 Å². The summed E-state index contributed by atoms with van der Waals surface area (Å²) in [6.45, 7) is 1.03. The Morgan fingerprint density at radius 3 is 2.64 bits per heavy atom. The van der Waals surface area contributed by atoms with Gasteiger partial charge in [0, 0.05) is 9.26 Å². The lowest BCUT2D eigenvalue weighted by molar-refractivity contribution is 0.262. The Morgan fingerprint density at radius 1 is 1.16 bits per heavy atom. The third-order valence-corrected chi connectivity index (χ3v) is 5.43. The van der Waals surface area contributed by atoms with Crippen LogP contribution < -0.4 is 10.6 Å². The first-order chi connectivity index (χ1) is 11.9. The molecule has 0 radical (unpaired) electrons. The lowest BCUT2D eigenvalue weighted by Crippen LogP contribution is -2.20. The lowest BCUT2D eigenvalue weighted by atomic mass is 10.1. The average molecular weight is 492 g/mol. The van der Waals surface area contributed by atoms with E-state index in [-0.39, 0.29) is 6.03 Å².